The van der Waals surface area contributed by atoms with Crippen LogP contribution in [0.1, 0.15) is 11.3 Å². The Morgan fingerprint density at radius 3 is 2.26 bits per heavy atom. The minimum absolute atomic E-state index is 0.250. The van der Waals surface area contributed by atoms with E-state index in [-0.39, 0.29) is 12.2 Å². The molecular formula is C24H27FN4O2. The Balaban J connectivity index is 0.000000858. The van der Waals surface area contributed by atoms with Crippen LogP contribution in [0.4, 0.5) is 4.39 Å². The molecule has 1 aliphatic heterocycles. The molecule has 1 aromatic heterocycles. The number of amides is 1. The molecule has 0 saturated carbocycles. The van der Waals surface area contributed by atoms with Crippen molar-refractivity contribution in [1.29, 1.82) is 0 Å². The lowest BCUT2D eigenvalue weighted by Crippen LogP contribution is -2.42. The fourth-order valence-electron chi connectivity index (χ4n) is 3.44. The summed E-state index contributed by atoms with van der Waals surface area (Å²) >= 11 is 0. The number of hydrogen-bond acceptors (Lipinski definition) is 5. The van der Waals surface area contributed by atoms with Gasteiger partial charge in [0.15, 0.2) is 0 Å². The number of primary amides is 1. The van der Waals surface area contributed by atoms with E-state index >= 15 is 0 Å². The molecule has 0 radical (unpaired) electrons. The van der Waals surface area contributed by atoms with Crippen LogP contribution >= 0.6 is 0 Å². The summed E-state index contributed by atoms with van der Waals surface area (Å²) in [7, 11) is 0. The number of aryl methyl sites for hydroxylation is 1. The van der Waals surface area contributed by atoms with E-state index in [1.807, 2.05) is 31.2 Å². The van der Waals surface area contributed by atoms with Crippen LogP contribution in [0, 0.1) is 12.7 Å². The van der Waals surface area contributed by atoms with Crippen molar-refractivity contribution in [3.63, 3.8) is 0 Å². The maximum absolute atomic E-state index is 13.0. The molecule has 1 saturated heterocycles. The van der Waals surface area contributed by atoms with Crippen molar-refractivity contribution in [3.05, 3.63) is 77.7 Å². The second-order valence-corrected chi connectivity index (χ2v) is 7.24. The lowest BCUT2D eigenvalue weighted by atomic mass is 10.1. The maximum Gasteiger partial charge on any atom is 0.204 e. The number of rotatable bonds is 5. The van der Waals surface area contributed by atoms with Crippen molar-refractivity contribution in [2.75, 3.05) is 26.2 Å². The zero-order valence-corrected chi connectivity index (χ0v) is 17.6. The highest BCUT2D eigenvalue weighted by atomic mass is 19.1. The molecule has 31 heavy (non-hydrogen) atoms. The van der Waals surface area contributed by atoms with Crippen molar-refractivity contribution in [1.82, 2.24) is 15.2 Å². The van der Waals surface area contributed by atoms with Gasteiger partial charge in [-0.1, -0.05) is 0 Å². The average Bonchev–Trinajstić information content (AvgIpc) is 2.77. The predicted molar refractivity (Wildman–Crippen MR) is 119 cm³/mol. The molecular weight excluding hydrogens is 395 g/mol. The number of hydrogen-bond donors (Lipinski definition) is 2. The molecule has 0 aliphatic carbocycles. The first-order valence-corrected chi connectivity index (χ1v) is 10.2. The van der Waals surface area contributed by atoms with E-state index in [9.17, 15) is 4.39 Å². The zero-order valence-electron chi connectivity index (χ0n) is 17.6. The number of pyridine rings is 1. The molecule has 1 fully saturated rings. The van der Waals surface area contributed by atoms with Crippen molar-refractivity contribution >= 4 is 6.41 Å². The van der Waals surface area contributed by atoms with Crippen LogP contribution in [0.5, 0.6) is 11.5 Å². The fraction of sp³-hybridized carbons (Fsp3) is 0.250. The summed E-state index contributed by atoms with van der Waals surface area (Å²) in [6.07, 6.45) is 0.250. The Morgan fingerprint density at radius 2 is 1.65 bits per heavy atom. The van der Waals surface area contributed by atoms with E-state index in [0.717, 1.165) is 49.7 Å². The number of halogens is 1. The minimum Gasteiger partial charge on any atom is -0.457 e. The lowest BCUT2D eigenvalue weighted by Gasteiger charge is -2.27. The second kappa shape index (κ2) is 11.2. The molecule has 4 rings (SSSR count). The molecule has 162 valence electrons. The Kier molecular flexibility index (Phi) is 8.09. The largest absolute Gasteiger partial charge is 0.457 e. The first-order chi connectivity index (χ1) is 15.1. The molecule has 0 bridgehead atoms. The summed E-state index contributed by atoms with van der Waals surface area (Å²) < 4.78 is 18.8. The molecule has 2 aromatic carbocycles. The molecule has 7 heteroatoms. The summed E-state index contributed by atoms with van der Waals surface area (Å²) in [6, 6.07) is 18.2. The molecule has 0 spiro atoms. The van der Waals surface area contributed by atoms with Crippen LogP contribution in [0.25, 0.3) is 11.3 Å². The first kappa shape index (κ1) is 22.4. The number of carbonyl (C=O) groups excluding carboxylic acids is 1. The number of ether oxygens (including phenoxy) is 1. The summed E-state index contributed by atoms with van der Waals surface area (Å²) in [5.41, 5.74) is 8.50. The van der Waals surface area contributed by atoms with Crippen molar-refractivity contribution < 1.29 is 13.9 Å². The number of aromatic nitrogens is 1. The van der Waals surface area contributed by atoms with Crippen molar-refractivity contribution in [2.24, 2.45) is 5.73 Å². The van der Waals surface area contributed by atoms with E-state index in [0.29, 0.717) is 11.5 Å². The number of piperazine rings is 1. The van der Waals surface area contributed by atoms with Gasteiger partial charge in [-0.3, -0.25) is 14.7 Å². The normalized spacial score (nSPS) is 13.7. The highest BCUT2D eigenvalue weighted by Crippen LogP contribution is 2.26. The number of nitrogens with one attached hydrogen (secondary N) is 1. The molecule has 2 heterocycles. The molecule has 0 atom stereocenters. The van der Waals surface area contributed by atoms with Gasteiger partial charge in [0.2, 0.25) is 6.41 Å². The average molecular weight is 423 g/mol. The van der Waals surface area contributed by atoms with Crippen LogP contribution in [0.15, 0.2) is 60.7 Å². The van der Waals surface area contributed by atoms with Crippen molar-refractivity contribution in [2.45, 2.75) is 13.5 Å². The van der Waals surface area contributed by atoms with Gasteiger partial charge in [0, 0.05) is 44.0 Å². The van der Waals surface area contributed by atoms with Gasteiger partial charge < -0.3 is 15.8 Å². The number of carbonyl (C=O) groups is 1. The minimum atomic E-state index is -0.273. The molecule has 0 unspecified atom stereocenters. The summed E-state index contributed by atoms with van der Waals surface area (Å²) in [6.45, 7) is 7.23. The van der Waals surface area contributed by atoms with Crippen LogP contribution in [0.2, 0.25) is 0 Å². The van der Waals surface area contributed by atoms with Gasteiger partial charge in [-0.25, -0.2) is 4.39 Å². The first-order valence-electron chi connectivity index (χ1n) is 10.2. The van der Waals surface area contributed by atoms with E-state index in [1.54, 1.807) is 12.1 Å². The Hall–Kier alpha value is -3.29. The van der Waals surface area contributed by atoms with Crippen LogP contribution in [-0.2, 0) is 11.3 Å². The SMILES string of the molecule is Cc1cc(CN2CCNCC2)cc(-c2ccc(Oc3ccc(F)cc3)cc2)n1.NC=O. The molecule has 1 aliphatic rings. The van der Waals surface area contributed by atoms with E-state index in [1.165, 1.54) is 17.7 Å². The molecule has 3 N–H and O–H groups in total. The van der Waals surface area contributed by atoms with E-state index in [4.69, 9.17) is 14.5 Å². The van der Waals surface area contributed by atoms with E-state index < -0.39 is 0 Å². The topological polar surface area (TPSA) is 80.5 Å². The highest BCUT2D eigenvalue weighted by Gasteiger charge is 2.11. The van der Waals surface area contributed by atoms with Crippen LogP contribution in [-0.4, -0.2) is 42.5 Å². The standard InChI is InChI=1S/C23H24FN3O.CH3NO/c1-17-14-18(16-27-12-10-25-11-13-27)15-23(26-17)19-2-6-21(7-3-19)28-22-8-4-20(24)5-9-22;2-1-3/h2-9,14-15,25H,10-13,16H2,1H3;1H,(H2,2,3). The third-order valence-corrected chi connectivity index (χ3v) is 4.83. The fourth-order valence-corrected chi connectivity index (χ4v) is 3.44. The Labute approximate surface area is 181 Å². The second-order valence-electron chi connectivity index (χ2n) is 7.24. The number of benzene rings is 2. The third-order valence-electron chi connectivity index (χ3n) is 4.83. The van der Waals surface area contributed by atoms with Crippen LogP contribution in [0.3, 0.4) is 0 Å². The molecule has 1 amide bonds. The number of nitrogens with two attached hydrogens (primary N) is 1. The Morgan fingerprint density at radius 1 is 1.06 bits per heavy atom. The van der Waals surface area contributed by atoms with Gasteiger partial charge in [-0.15, -0.1) is 0 Å². The predicted octanol–water partition coefficient (Wildman–Crippen LogP) is 3.50. The third kappa shape index (κ3) is 6.87. The van der Waals surface area contributed by atoms with Crippen LogP contribution < -0.4 is 15.8 Å². The molecule has 3 aromatic rings. The number of nitrogens with zero attached hydrogens (tertiary/aromatic N) is 2. The van der Waals surface area contributed by atoms with Gasteiger partial charge in [-0.05, 0) is 73.2 Å². The smallest absolute Gasteiger partial charge is 0.204 e. The quantitative estimate of drug-likeness (QED) is 0.615. The Bertz CT molecular complexity index is 972. The summed E-state index contributed by atoms with van der Waals surface area (Å²) in [5, 5.41) is 3.39. The molecule has 6 nitrogen and oxygen atoms in total. The van der Waals surface area contributed by atoms with Crippen molar-refractivity contribution in [3.8, 4) is 22.8 Å². The zero-order chi connectivity index (χ0) is 22.1. The maximum atomic E-state index is 13.0. The van der Waals surface area contributed by atoms with Gasteiger partial charge >= 0.3 is 0 Å². The monoisotopic (exact) mass is 422 g/mol. The van der Waals surface area contributed by atoms with Gasteiger partial charge in [0.05, 0.1) is 5.69 Å². The lowest BCUT2D eigenvalue weighted by molar-refractivity contribution is -0.106. The summed E-state index contributed by atoms with van der Waals surface area (Å²) in [4.78, 5) is 15.8. The summed E-state index contributed by atoms with van der Waals surface area (Å²) in [5.74, 6) is 1.05. The van der Waals surface area contributed by atoms with Gasteiger partial charge in [0.25, 0.3) is 0 Å². The highest BCUT2D eigenvalue weighted by molar-refractivity contribution is 5.61. The van der Waals surface area contributed by atoms with Gasteiger partial charge in [-0.2, -0.15) is 0 Å². The van der Waals surface area contributed by atoms with Gasteiger partial charge in [0.1, 0.15) is 17.3 Å². The van der Waals surface area contributed by atoms with E-state index in [2.05, 4.69) is 28.1 Å².